The molecule has 0 unspecified atom stereocenters. The number of rotatable bonds is 4. The van der Waals surface area contributed by atoms with Gasteiger partial charge in [-0.3, -0.25) is 0 Å². The van der Waals surface area contributed by atoms with Crippen molar-refractivity contribution in [2.75, 3.05) is 12.4 Å². The fourth-order valence-corrected chi connectivity index (χ4v) is 2.55. The summed E-state index contributed by atoms with van der Waals surface area (Å²) in [7, 11) is 1.79. The SMILES string of the molecule is CNc1c2c(OCc3ccccc3)cccc2c(C)n1O.[V]. The van der Waals surface area contributed by atoms with Crippen LogP contribution in [0, 0.1) is 6.92 Å². The molecule has 113 valence electrons. The maximum absolute atomic E-state index is 10.1. The van der Waals surface area contributed by atoms with E-state index in [-0.39, 0.29) is 18.6 Å². The van der Waals surface area contributed by atoms with Crippen LogP contribution in [-0.4, -0.2) is 17.0 Å². The first-order valence-electron chi connectivity index (χ1n) is 6.90. The summed E-state index contributed by atoms with van der Waals surface area (Å²) >= 11 is 0. The second kappa shape index (κ2) is 6.82. The summed E-state index contributed by atoms with van der Waals surface area (Å²) < 4.78 is 7.12. The molecule has 2 aromatic carbocycles. The maximum Gasteiger partial charge on any atom is 0.153 e. The predicted octanol–water partition coefficient (Wildman–Crippen LogP) is 3.81. The zero-order valence-electron chi connectivity index (χ0n) is 12.6. The number of hydrogen-bond donors (Lipinski definition) is 2. The van der Waals surface area contributed by atoms with Gasteiger partial charge in [0.1, 0.15) is 12.4 Å². The zero-order chi connectivity index (χ0) is 14.8. The minimum Gasteiger partial charge on any atom is -0.488 e. The van der Waals surface area contributed by atoms with Crippen molar-refractivity contribution in [2.45, 2.75) is 13.5 Å². The summed E-state index contributed by atoms with van der Waals surface area (Å²) in [6.07, 6.45) is 0. The van der Waals surface area contributed by atoms with E-state index >= 15 is 0 Å². The number of ether oxygens (including phenoxy) is 1. The standard InChI is InChI=1S/C17H18N2O2.V/c1-12-14-9-6-10-15(16(14)17(18-2)19(12)20)21-11-13-7-4-3-5-8-13;/h3-10,18,20H,11H2,1-2H3;. The van der Waals surface area contributed by atoms with Crippen molar-refractivity contribution in [3.05, 3.63) is 59.8 Å². The molecule has 0 bridgehead atoms. The molecule has 3 aromatic rings. The molecule has 1 aromatic heterocycles. The van der Waals surface area contributed by atoms with Gasteiger partial charge in [-0.2, -0.15) is 4.73 Å². The number of aryl methyl sites for hydroxylation is 1. The Morgan fingerprint density at radius 2 is 1.82 bits per heavy atom. The number of fused-ring (bicyclic) bond motifs is 1. The minimum atomic E-state index is 0. The number of benzene rings is 2. The van der Waals surface area contributed by atoms with Crippen molar-refractivity contribution in [1.82, 2.24) is 4.73 Å². The monoisotopic (exact) mass is 333 g/mol. The van der Waals surface area contributed by atoms with Crippen LogP contribution >= 0.6 is 0 Å². The molecule has 0 atom stereocenters. The van der Waals surface area contributed by atoms with Crippen LogP contribution in [0.1, 0.15) is 11.3 Å². The first-order valence-corrected chi connectivity index (χ1v) is 6.90. The first kappa shape index (κ1) is 16.3. The van der Waals surface area contributed by atoms with E-state index in [4.69, 9.17) is 4.74 Å². The fraction of sp³-hybridized carbons (Fsp3) is 0.176. The van der Waals surface area contributed by atoms with E-state index in [0.29, 0.717) is 12.4 Å². The van der Waals surface area contributed by atoms with Gasteiger partial charge in [0.25, 0.3) is 0 Å². The van der Waals surface area contributed by atoms with E-state index in [1.54, 1.807) is 7.05 Å². The van der Waals surface area contributed by atoms with Gasteiger partial charge in [0, 0.05) is 31.0 Å². The summed E-state index contributed by atoms with van der Waals surface area (Å²) in [5.74, 6) is 1.41. The minimum absolute atomic E-state index is 0. The molecule has 1 radical (unpaired) electrons. The van der Waals surface area contributed by atoms with Gasteiger partial charge < -0.3 is 15.3 Å². The van der Waals surface area contributed by atoms with Gasteiger partial charge in [-0.25, -0.2) is 0 Å². The van der Waals surface area contributed by atoms with Gasteiger partial charge in [0.05, 0.1) is 11.1 Å². The Morgan fingerprint density at radius 1 is 1.09 bits per heavy atom. The molecule has 0 saturated carbocycles. The van der Waals surface area contributed by atoms with Crippen molar-refractivity contribution >= 4 is 16.6 Å². The van der Waals surface area contributed by atoms with Crippen molar-refractivity contribution in [1.29, 1.82) is 0 Å². The van der Waals surface area contributed by atoms with Gasteiger partial charge in [0.15, 0.2) is 5.82 Å². The summed E-state index contributed by atoms with van der Waals surface area (Å²) in [4.78, 5) is 0. The quantitative estimate of drug-likeness (QED) is 0.714. The van der Waals surface area contributed by atoms with Gasteiger partial charge in [-0.15, -0.1) is 0 Å². The molecule has 0 fully saturated rings. The van der Waals surface area contributed by atoms with E-state index in [2.05, 4.69) is 5.32 Å². The normalized spacial score (nSPS) is 10.3. The van der Waals surface area contributed by atoms with Crippen LogP contribution in [0.15, 0.2) is 48.5 Å². The van der Waals surface area contributed by atoms with Crippen molar-refractivity contribution in [3.8, 4) is 5.75 Å². The van der Waals surface area contributed by atoms with Crippen LogP contribution in [0.2, 0.25) is 0 Å². The Bertz CT molecular complexity index is 769. The van der Waals surface area contributed by atoms with Crippen LogP contribution in [0.3, 0.4) is 0 Å². The molecule has 0 spiro atoms. The topological polar surface area (TPSA) is 46.4 Å². The molecule has 22 heavy (non-hydrogen) atoms. The van der Waals surface area contributed by atoms with Crippen LogP contribution in [0.25, 0.3) is 10.8 Å². The molecule has 0 amide bonds. The molecule has 0 aliphatic heterocycles. The maximum atomic E-state index is 10.1. The first-order chi connectivity index (χ1) is 10.2. The van der Waals surface area contributed by atoms with E-state index in [9.17, 15) is 5.21 Å². The summed E-state index contributed by atoms with van der Waals surface area (Å²) in [5, 5.41) is 15.0. The molecule has 0 aliphatic rings. The van der Waals surface area contributed by atoms with Crippen molar-refractivity contribution < 1.29 is 28.5 Å². The molecule has 0 aliphatic carbocycles. The van der Waals surface area contributed by atoms with Gasteiger partial charge in [-0.05, 0) is 18.6 Å². The van der Waals surface area contributed by atoms with Crippen molar-refractivity contribution in [2.24, 2.45) is 0 Å². The smallest absolute Gasteiger partial charge is 0.153 e. The van der Waals surface area contributed by atoms with E-state index < -0.39 is 0 Å². The molecule has 5 heteroatoms. The van der Waals surface area contributed by atoms with Crippen LogP contribution < -0.4 is 10.1 Å². The second-order valence-electron chi connectivity index (χ2n) is 4.95. The summed E-state index contributed by atoms with van der Waals surface area (Å²) in [6, 6.07) is 15.9. The average Bonchev–Trinajstić information content (AvgIpc) is 2.78. The van der Waals surface area contributed by atoms with Gasteiger partial charge >= 0.3 is 0 Å². The largest absolute Gasteiger partial charge is 0.488 e. The third-order valence-corrected chi connectivity index (χ3v) is 3.66. The Kier molecular flexibility index (Phi) is 5.06. The molecular formula is C17H18N2O2V. The predicted molar refractivity (Wildman–Crippen MR) is 84.2 cm³/mol. The number of aromatic nitrogens is 1. The Hall–Kier alpha value is -2.04. The number of nitrogens with one attached hydrogen (secondary N) is 1. The molecule has 0 saturated heterocycles. The molecular weight excluding hydrogens is 315 g/mol. The van der Waals surface area contributed by atoms with E-state index in [1.807, 2.05) is 55.5 Å². The Morgan fingerprint density at radius 3 is 2.50 bits per heavy atom. The van der Waals surface area contributed by atoms with E-state index in [1.165, 1.54) is 4.73 Å². The number of anilines is 1. The molecule has 3 rings (SSSR count). The fourth-order valence-electron chi connectivity index (χ4n) is 2.55. The zero-order valence-corrected chi connectivity index (χ0v) is 14.0. The van der Waals surface area contributed by atoms with Crippen LogP contribution in [0.5, 0.6) is 5.75 Å². The number of hydrogen-bond acceptors (Lipinski definition) is 3. The summed E-state index contributed by atoms with van der Waals surface area (Å²) in [6.45, 7) is 2.38. The van der Waals surface area contributed by atoms with Gasteiger partial charge in [-0.1, -0.05) is 42.5 Å². The van der Waals surface area contributed by atoms with Crippen LogP contribution in [-0.2, 0) is 25.2 Å². The van der Waals surface area contributed by atoms with E-state index in [0.717, 1.165) is 27.8 Å². The summed E-state index contributed by atoms with van der Waals surface area (Å²) in [5.41, 5.74) is 1.90. The Balaban J connectivity index is 0.00000176. The van der Waals surface area contributed by atoms with Crippen LogP contribution in [0.4, 0.5) is 5.82 Å². The number of nitrogens with zero attached hydrogens (tertiary/aromatic N) is 1. The Labute approximate surface area is 141 Å². The van der Waals surface area contributed by atoms with Crippen molar-refractivity contribution in [3.63, 3.8) is 0 Å². The third-order valence-electron chi connectivity index (χ3n) is 3.66. The van der Waals surface area contributed by atoms with Gasteiger partial charge in [0.2, 0.25) is 0 Å². The molecule has 4 nitrogen and oxygen atoms in total. The second-order valence-corrected chi connectivity index (χ2v) is 4.95. The third kappa shape index (κ3) is 2.80. The molecule has 1 heterocycles. The molecule has 2 N–H and O–H groups in total. The average molecular weight is 333 g/mol.